The van der Waals surface area contributed by atoms with Crippen LogP contribution in [0.1, 0.15) is 11.1 Å². The van der Waals surface area contributed by atoms with Crippen molar-refractivity contribution in [2.75, 3.05) is 22.4 Å². The number of hydrogen-bond donors (Lipinski definition) is 1. The summed E-state index contributed by atoms with van der Waals surface area (Å²) < 4.78 is 51.8. The normalized spacial score (nSPS) is 12.9. The van der Waals surface area contributed by atoms with Crippen molar-refractivity contribution in [2.24, 2.45) is 0 Å². The van der Waals surface area contributed by atoms with Gasteiger partial charge < -0.3 is 5.32 Å². The third kappa shape index (κ3) is 3.67. The van der Waals surface area contributed by atoms with E-state index in [1.165, 1.54) is 11.1 Å². The van der Waals surface area contributed by atoms with Crippen molar-refractivity contribution >= 4 is 38.1 Å². The van der Waals surface area contributed by atoms with Crippen molar-refractivity contribution in [1.82, 2.24) is 0 Å². The Balaban J connectivity index is 1.63. The molecule has 150 valence electrons. The molecule has 5 nitrogen and oxygen atoms in total. The number of hydrogen-bond acceptors (Lipinski definition) is 3. The molecule has 0 atom stereocenters. The molecule has 0 saturated carbocycles. The second kappa shape index (κ2) is 7.11. The molecule has 1 N–H and O–H groups in total. The number of halogens is 2. The highest BCUT2D eigenvalue weighted by Gasteiger charge is 2.23. The van der Waals surface area contributed by atoms with Gasteiger partial charge in [0.05, 0.1) is 11.9 Å². The average Bonchev–Trinajstić information content (AvgIpc) is 3.08. The van der Waals surface area contributed by atoms with Crippen LogP contribution in [-0.2, 0) is 27.7 Å². The molecule has 0 bridgehead atoms. The van der Waals surface area contributed by atoms with E-state index < -0.39 is 34.1 Å². The molecule has 4 rings (SSSR count). The highest BCUT2D eigenvalue weighted by Crippen LogP contribution is 2.35. The molecule has 29 heavy (non-hydrogen) atoms. The summed E-state index contributed by atoms with van der Waals surface area (Å²) in [4.78, 5) is 12.6. The average molecular weight is 416 g/mol. The van der Waals surface area contributed by atoms with Gasteiger partial charge in [0, 0.05) is 17.1 Å². The number of carbonyl (C=O) groups excluding carboxylic acids is 1. The molecule has 8 heteroatoms. The van der Waals surface area contributed by atoms with Gasteiger partial charge in [0.15, 0.2) is 11.6 Å². The number of benzene rings is 3. The molecule has 3 aromatic carbocycles. The van der Waals surface area contributed by atoms with Gasteiger partial charge in [0.25, 0.3) is 0 Å². The van der Waals surface area contributed by atoms with Crippen molar-refractivity contribution in [3.8, 4) is 0 Å². The first-order valence-corrected chi connectivity index (χ1v) is 10.8. The van der Waals surface area contributed by atoms with E-state index in [4.69, 9.17) is 0 Å². The molecule has 1 aliphatic carbocycles. The first-order valence-electron chi connectivity index (χ1n) is 9.00. The standard InChI is InChI=1S/C21H18F2N2O3S/c1-29(27,28)25(15-8-9-17(22)18(23)11-15)12-20(26)24-19-10-7-14-6-5-13-3-2-4-16(19)21(13)14/h2-4,7-11H,5-6,12H2,1H3,(H,24,26). The van der Waals surface area contributed by atoms with Gasteiger partial charge in [0.1, 0.15) is 6.54 Å². The van der Waals surface area contributed by atoms with Crippen molar-refractivity contribution in [2.45, 2.75) is 12.8 Å². The van der Waals surface area contributed by atoms with Gasteiger partial charge in [-0.25, -0.2) is 17.2 Å². The minimum atomic E-state index is -3.90. The maximum absolute atomic E-state index is 13.6. The predicted molar refractivity (Wildman–Crippen MR) is 109 cm³/mol. The lowest BCUT2D eigenvalue weighted by Gasteiger charge is -2.22. The third-order valence-corrected chi connectivity index (χ3v) is 6.17. The molecule has 0 spiro atoms. The number of amides is 1. The van der Waals surface area contributed by atoms with Crippen molar-refractivity contribution in [3.63, 3.8) is 0 Å². The van der Waals surface area contributed by atoms with E-state index >= 15 is 0 Å². The topological polar surface area (TPSA) is 66.5 Å². The molecular formula is C21H18F2N2O3S. The number of nitrogens with zero attached hydrogens (tertiary/aromatic N) is 1. The van der Waals surface area contributed by atoms with E-state index in [0.717, 1.165) is 52.4 Å². The number of aryl methyl sites for hydroxylation is 2. The summed E-state index contributed by atoms with van der Waals surface area (Å²) >= 11 is 0. The Labute approximate surface area is 167 Å². The monoisotopic (exact) mass is 416 g/mol. The van der Waals surface area contributed by atoms with Crippen LogP contribution in [0.5, 0.6) is 0 Å². The Kier molecular flexibility index (Phi) is 4.74. The van der Waals surface area contributed by atoms with E-state index in [9.17, 15) is 22.0 Å². The fourth-order valence-electron chi connectivity index (χ4n) is 3.72. The van der Waals surface area contributed by atoms with Crippen molar-refractivity contribution in [3.05, 3.63) is 71.3 Å². The third-order valence-electron chi connectivity index (χ3n) is 5.03. The molecule has 3 aromatic rings. The molecule has 0 fully saturated rings. The molecular weight excluding hydrogens is 398 g/mol. The lowest BCUT2D eigenvalue weighted by Crippen LogP contribution is -2.37. The highest BCUT2D eigenvalue weighted by atomic mass is 32.2. The zero-order chi connectivity index (χ0) is 20.8. The second-order valence-corrected chi connectivity index (χ2v) is 8.93. The first-order chi connectivity index (χ1) is 13.7. The zero-order valence-electron chi connectivity index (χ0n) is 15.6. The van der Waals surface area contributed by atoms with Gasteiger partial charge in [-0.2, -0.15) is 0 Å². The fraction of sp³-hybridized carbons (Fsp3) is 0.190. The van der Waals surface area contributed by atoms with Crippen LogP contribution in [0.25, 0.3) is 10.8 Å². The van der Waals surface area contributed by atoms with Gasteiger partial charge in [-0.15, -0.1) is 0 Å². The quantitative estimate of drug-likeness (QED) is 0.691. The lowest BCUT2D eigenvalue weighted by molar-refractivity contribution is -0.114. The van der Waals surface area contributed by atoms with Crippen LogP contribution in [0.3, 0.4) is 0 Å². The Bertz CT molecular complexity index is 1230. The predicted octanol–water partition coefficient (Wildman–Crippen LogP) is 3.62. The molecule has 0 aromatic heterocycles. The van der Waals surface area contributed by atoms with Crippen LogP contribution < -0.4 is 9.62 Å². The Hall–Kier alpha value is -3.00. The van der Waals surface area contributed by atoms with Crippen molar-refractivity contribution < 1.29 is 22.0 Å². The summed E-state index contributed by atoms with van der Waals surface area (Å²) in [6.07, 6.45) is 2.80. The Morgan fingerprint density at radius 2 is 1.76 bits per heavy atom. The maximum Gasteiger partial charge on any atom is 0.245 e. The van der Waals surface area contributed by atoms with Crippen LogP contribution >= 0.6 is 0 Å². The van der Waals surface area contributed by atoms with Crippen LogP contribution in [0.4, 0.5) is 20.2 Å². The number of sulfonamides is 1. The Morgan fingerprint density at radius 1 is 1.03 bits per heavy atom. The summed E-state index contributed by atoms with van der Waals surface area (Å²) in [6.45, 7) is -0.563. The lowest BCUT2D eigenvalue weighted by atomic mass is 10.0. The number of nitrogens with one attached hydrogen (secondary N) is 1. The largest absolute Gasteiger partial charge is 0.324 e. The van der Waals surface area contributed by atoms with E-state index in [-0.39, 0.29) is 5.69 Å². The number of anilines is 2. The van der Waals surface area contributed by atoms with Gasteiger partial charge in [0.2, 0.25) is 15.9 Å². The van der Waals surface area contributed by atoms with Crippen LogP contribution in [0.2, 0.25) is 0 Å². The van der Waals surface area contributed by atoms with Gasteiger partial charge in [-0.1, -0.05) is 24.3 Å². The molecule has 0 saturated heterocycles. The van der Waals surface area contributed by atoms with Crippen LogP contribution in [0, 0.1) is 11.6 Å². The van der Waals surface area contributed by atoms with E-state index in [1.54, 1.807) is 6.07 Å². The summed E-state index contributed by atoms with van der Waals surface area (Å²) in [5.74, 6) is -2.87. The summed E-state index contributed by atoms with van der Waals surface area (Å²) in [5, 5.41) is 4.76. The smallest absolute Gasteiger partial charge is 0.245 e. The Morgan fingerprint density at radius 3 is 2.45 bits per heavy atom. The van der Waals surface area contributed by atoms with Crippen molar-refractivity contribution in [1.29, 1.82) is 0 Å². The minimum absolute atomic E-state index is 0.123. The molecule has 1 aliphatic rings. The van der Waals surface area contributed by atoms with Gasteiger partial charge in [-0.05, 0) is 47.6 Å². The SMILES string of the molecule is CS(=O)(=O)N(CC(=O)Nc1ccc2c3c(cccc13)CC2)c1ccc(F)c(F)c1. The van der Waals surface area contributed by atoms with E-state index in [1.807, 2.05) is 18.2 Å². The highest BCUT2D eigenvalue weighted by molar-refractivity contribution is 7.92. The zero-order valence-corrected chi connectivity index (χ0v) is 16.4. The molecule has 0 heterocycles. The number of rotatable bonds is 5. The fourth-order valence-corrected chi connectivity index (χ4v) is 4.56. The first kappa shape index (κ1) is 19.3. The van der Waals surface area contributed by atoms with E-state index in [2.05, 4.69) is 11.4 Å². The summed E-state index contributed by atoms with van der Waals surface area (Å²) in [6, 6.07) is 12.3. The molecule has 1 amide bonds. The number of carbonyl (C=O) groups is 1. The van der Waals surface area contributed by atoms with Crippen LogP contribution in [0.15, 0.2) is 48.5 Å². The molecule has 0 radical (unpaired) electrons. The van der Waals surface area contributed by atoms with E-state index in [0.29, 0.717) is 5.69 Å². The minimum Gasteiger partial charge on any atom is -0.324 e. The van der Waals surface area contributed by atoms with Gasteiger partial charge >= 0.3 is 0 Å². The van der Waals surface area contributed by atoms with Gasteiger partial charge in [-0.3, -0.25) is 9.10 Å². The summed E-state index contributed by atoms with van der Waals surface area (Å²) in [7, 11) is -3.90. The molecule has 0 aliphatic heterocycles. The molecule has 0 unspecified atom stereocenters. The summed E-state index contributed by atoms with van der Waals surface area (Å²) in [5.41, 5.74) is 2.89. The second-order valence-electron chi connectivity index (χ2n) is 7.03. The maximum atomic E-state index is 13.6. The van der Waals surface area contributed by atoms with Crippen LogP contribution in [-0.4, -0.2) is 27.1 Å².